The van der Waals surface area contributed by atoms with Gasteiger partial charge in [-0.1, -0.05) is 22.6 Å². The second-order valence-corrected chi connectivity index (χ2v) is 3.79. The van der Waals surface area contributed by atoms with Crippen molar-refractivity contribution in [2.24, 2.45) is 0 Å². The van der Waals surface area contributed by atoms with Gasteiger partial charge in [0, 0.05) is 5.38 Å². The minimum Gasteiger partial charge on any atom is -0.395 e. The first-order valence-electron chi connectivity index (χ1n) is 2.47. The van der Waals surface area contributed by atoms with Crippen molar-refractivity contribution in [2.45, 2.75) is 3.92 Å². The van der Waals surface area contributed by atoms with Crippen molar-refractivity contribution in [1.29, 1.82) is 0 Å². The van der Waals surface area contributed by atoms with E-state index in [1.54, 1.807) is 16.8 Å². The van der Waals surface area contributed by atoms with Gasteiger partial charge in [-0.05, 0) is 0 Å². The van der Waals surface area contributed by atoms with E-state index < -0.39 is 0 Å². The van der Waals surface area contributed by atoms with Crippen molar-refractivity contribution >= 4 is 33.9 Å². The molecule has 1 aromatic heterocycles. The number of thiazole rings is 1. The van der Waals surface area contributed by atoms with Crippen molar-refractivity contribution in [1.82, 2.24) is 4.98 Å². The predicted octanol–water partition coefficient (Wildman–Crippen LogP) is 1.61. The first kappa shape index (κ1) is 7.43. The molecule has 9 heavy (non-hydrogen) atoms. The fraction of sp³-hybridized carbons (Fsp3) is 0.400. The minimum absolute atomic E-state index is 0.161. The highest BCUT2D eigenvalue weighted by molar-refractivity contribution is 14.1. The summed E-state index contributed by atoms with van der Waals surface area (Å²) in [6.45, 7) is 0.171. The zero-order valence-electron chi connectivity index (χ0n) is 4.62. The van der Waals surface area contributed by atoms with E-state index in [1.807, 2.05) is 5.38 Å². The average Bonchev–Trinajstić information content (AvgIpc) is 2.37. The summed E-state index contributed by atoms with van der Waals surface area (Å²) in [6, 6.07) is 0. The van der Waals surface area contributed by atoms with Gasteiger partial charge in [0.25, 0.3) is 0 Å². The molecule has 0 radical (unpaired) electrons. The smallest absolute Gasteiger partial charge is 0.0795 e. The van der Waals surface area contributed by atoms with E-state index in [-0.39, 0.29) is 10.5 Å². The van der Waals surface area contributed by atoms with Crippen LogP contribution in [-0.4, -0.2) is 16.7 Å². The Hall–Kier alpha value is 0.320. The summed E-state index contributed by atoms with van der Waals surface area (Å²) in [7, 11) is 0. The SMILES string of the molecule is OC[C@H](I)c1cscn1. The molecule has 0 aliphatic carbocycles. The summed E-state index contributed by atoms with van der Waals surface area (Å²) in [5.41, 5.74) is 2.75. The maximum atomic E-state index is 8.66. The third-order valence-electron chi connectivity index (χ3n) is 0.933. The van der Waals surface area contributed by atoms with E-state index >= 15 is 0 Å². The molecule has 2 nitrogen and oxygen atoms in total. The van der Waals surface area contributed by atoms with Gasteiger partial charge in [-0.2, -0.15) is 0 Å². The van der Waals surface area contributed by atoms with Crippen LogP contribution in [0.25, 0.3) is 0 Å². The second kappa shape index (κ2) is 3.48. The largest absolute Gasteiger partial charge is 0.395 e. The molecule has 0 unspecified atom stereocenters. The molecule has 1 atom stereocenters. The van der Waals surface area contributed by atoms with Gasteiger partial charge < -0.3 is 5.11 Å². The molecule has 0 spiro atoms. The molecule has 0 aromatic carbocycles. The number of aliphatic hydroxyl groups excluding tert-OH is 1. The van der Waals surface area contributed by atoms with Crippen LogP contribution in [0, 0.1) is 0 Å². The number of nitrogens with zero attached hydrogens (tertiary/aromatic N) is 1. The number of hydrogen-bond acceptors (Lipinski definition) is 3. The third kappa shape index (κ3) is 1.87. The Bertz CT molecular complexity index is 165. The van der Waals surface area contributed by atoms with Crippen LogP contribution in [0.1, 0.15) is 9.62 Å². The van der Waals surface area contributed by atoms with E-state index in [0.29, 0.717) is 0 Å². The van der Waals surface area contributed by atoms with Crippen molar-refractivity contribution in [3.63, 3.8) is 0 Å². The summed E-state index contributed by atoms with van der Waals surface area (Å²) in [4.78, 5) is 4.04. The fourth-order valence-electron chi connectivity index (χ4n) is 0.470. The lowest BCUT2D eigenvalue weighted by molar-refractivity contribution is 0.299. The molecular weight excluding hydrogens is 249 g/mol. The Kier molecular flexibility index (Phi) is 2.87. The fourth-order valence-corrected chi connectivity index (χ4v) is 1.66. The minimum atomic E-state index is 0.161. The Morgan fingerprint density at radius 1 is 1.89 bits per heavy atom. The molecule has 4 heteroatoms. The molecule has 1 N–H and O–H groups in total. The van der Waals surface area contributed by atoms with Gasteiger partial charge in [0.15, 0.2) is 0 Å². The monoisotopic (exact) mass is 255 g/mol. The second-order valence-electron chi connectivity index (χ2n) is 1.56. The molecule has 1 rings (SSSR count). The molecular formula is C5H6INOS. The zero-order valence-corrected chi connectivity index (χ0v) is 7.59. The maximum absolute atomic E-state index is 8.66. The Balaban J connectivity index is 2.65. The quantitative estimate of drug-likeness (QED) is 0.643. The molecule has 0 fully saturated rings. The third-order valence-corrected chi connectivity index (χ3v) is 2.57. The molecule has 50 valence electrons. The van der Waals surface area contributed by atoms with Gasteiger partial charge in [-0.3, -0.25) is 0 Å². The highest BCUT2D eigenvalue weighted by Gasteiger charge is 2.05. The zero-order chi connectivity index (χ0) is 6.69. The van der Waals surface area contributed by atoms with E-state index in [2.05, 4.69) is 27.6 Å². The van der Waals surface area contributed by atoms with Crippen LogP contribution in [0.3, 0.4) is 0 Å². The topological polar surface area (TPSA) is 33.1 Å². The van der Waals surface area contributed by atoms with E-state index in [1.165, 1.54) is 0 Å². The lowest BCUT2D eigenvalue weighted by Crippen LogP contribution is -1.94. The number of alkyl halides is 1. The Labute approximate surface area is 71.1 Å². The molecule has 0 saturated heterocycles. The van der Waals surface area contributed by atoms with Crippen LogP contribution in [0.15, 0.2) is 10.9 Å². The number of aromatic nitrogens is 1. The van der Waals surface area contributed by atoms with Crippen LogP contribution >= 0.6 is 33.9 Å². The molecule has 0 amide bonds. The average molecular weight is 255 g/mol. The Morgan fingerprint density at radius 3 is 3.11 bits per heavy atom. The highest BCUT2D eigenvalue weighted by atomic mass is 127. The number of hydrogen-bond donors (Lipinski definition) is 1. The normalized spacial score (nSPS) is 13.6. The summed E-state index contributed by atoms with van der Waals surface area (Å²) in [6.07, 6.45) is 0. The van der Waals surface area contributed by atoms with Crippen molar-refractivity contribution in [3.8, 4) is 0 Å². The van der Waals surface area contributed by atoms with Crippen molar-refractivity contribution in [3.05, 3.63) is 16.6 Å². The van der Waals surface area contributed by atoms with Gasteiger partial charge in [-0.25, -0.2) is 4.98 Å². The molecule has 0 aliphatic heterocycles. The number of rotatable bonds is 2. The van der Waals surface area contributed by atoms with Crippen LogP contribution < -0.4 is 0 Å². The maximum Gasteiger partial charge on any atom is 0.0795 e. The summed E-state index contributed by atoms with van der Waals surface area (Å²) in [5, 5.41) is 10.6. The predicted molar refractivity (Wildman–Crippen MR) is 46.0 cm³/mol. The summed E-state index contributed by atoms with van der Waals surface area (Å²) >= 11 is 3.72. The highest BCUT2D eigenvalue weighted by Crippen LogP contribution is 2.21. The molecule has 0 aliphatic rings. The lowest BCUT2D eigenvalue weighted by Gasteiger charge is -1.98. The Morgan fingerprint density at radius 2 is 2.67 bits per heavy atom. The van der Waals surface area contributed by atoms with Gasteiger partial charge in [0.2, 0.25) is 0 Å². The van der Waals surface area contributed by atoms with Crippen molar-refractivity contribution < 1.29 is 5.11 Å². The van der Waals surface area contributed by atoms with Crippen LogP contribution in [0.2, 0.25) is 0 Å². The molecule has 1 aromatic rings. The van der Waals surface area contributed by atoms with Crippen LogP contribution in [0.5, 0.6) is 0 Å². The number of aliphatic hydroxyl groups is 1. The van der Waals surface area contributed by atoms with Gasteiger partial charge in [-0.15, -0.1) is 11.3 Å². The van der Waals surface area contributed by atoms with E-state index in [0.717, 1.165) is 5.69 Å². The molecule has 1 heterocycles. The molecule has 0 bridgehead atoms. The lowest BCUT2D eigenvalue weighted by atomic mass is 10.4. The summed E-state index contributed by atoms with van der Waals surface area (Å²) < 4.78 is 0.161. The molecule has 0 saturated carbocycles. The van der Waals surface area contributed by atoms with Gasteiger partial charge in [0.05, 0.1) is 21.7 Å². The van der Waals surface area contributed by atoms with Crippen LogP contribution in [-0.2, 0) is 0 Å². The van der Waals surface area contributed by atoms with E-state index in [4.69, 9.17) is 5.11 Å². The van der Waals surface area contributed by atoms with Gasteiger partial charge >= 0.3 is 0 Å². The first-order chi connectivity index (χ1) is 4.34. The van der Waals surface area contributed by atoms with Crippen molar-refractivity contribution in [2.75, 3.05) is 6.61 Å². The first-order valence-corrected chi connectivity index (χ1v) is 4.66. The summed E-state index contributed by atoms with van der Waals surface area (Å²) in [5.74, 6) is 0. The van der Waals surface area contributed by atoms with Crippen LogP contribution in [0.4, 0.5) is 0 Å². The van der Waals surface area contributed by atoms with E-state index in [9.17, 15) is 0 Å². The standard InChI is InChI=1S/C5H6INOS/c6-4(1-8)5-2-9-3-7-5/h2-4,8H,1H2/t4-/m0/s1. The van der Waals surface area contributed by atoms with Gasteiger partial charge in [0.1, 0.15) is 0 Å². The number of halogens is 1.